The molecule has 0 unspecified atom stereocenters. The lowest BCUT2D eigenvalue weighted by atomic mass is 9.96. The molecule has 1 aromatic carbocycles. The zero-order chi connectivity index (χ0) is 14.3. The van der Waals surface area contributed by atoms with Crippen LogP contribution in [-0.2, 0) is 6.54 Å². The van der Waals surface area contributed by atoms with Crippen molar-refractivity contribution in [3.05, 3.63) is 35.4 Å². The Kier molecular flexibility index (Phi) is 6.08. The fourth-order valence-electron chi connectivity index (χ4n) is 2.09. The first-order valence-electron chi connectivity index (χ1n) is 6.78. The van der Waals surface area contributed by atoms with Crippen molar-refractivity contribution >= 4 is 0 Å². The molecule has 0 fully saturated rings. The van der Waals surface area contributed by atoms with Gasteiger partial charge in [-0.3, -0.25) is 0 Å². The molecule has 1 N–H and O–H groups in total. The first-order chi connectivity index (χ1) is 8.90. The maximum Gasteiger partial charge on any atom is 0.0540 e. The van der Waals surface area contributed by atoms with Gasteiger partial charge in [0.1, 0.15) is 0 Å². The maximum absolute atomic E-state index is 8.67. The van der Waals surface area contributed by atoms with E-state index in [0.29, 0.717) is 11.8 Å². The third kappa shape index (κ3) is 7.00. The molecule has 0 spiro atoms. The van der Waals surface area contributed by atoms with Gasteiger partial charge in [-0.1, -0.05) is 44.7 Å². The molecule has 1 rings (SSSR count). The van der Waals surface area contributed by atoms with Gasteiger partial charge in [0.15, 0.2) is 0 Å². The number of aliphatic hydroxyl groups is 1. The van der Waals surface area contributed by atoms with E-state index in [0.717, 1.165) is 18.7 Å². The quantitative estimate of drug-likeness (QED) is 0.840. The van der Waals surface area contributed by atoms with Crippen molar-refractivity contribution in [2.24, 2.45) is 5.41 Å². The van der Waals surface area contributed by atoms with Crippen LogP contribution >= 0.6 is 0 Å². The van der Waals surface area contributed by atoms with Crippen molar-refractivity contribution in [1.82, 2.24) is 4.90 Å². The Morgan fingerprint density at radius 1 is 1.16 bits per heavy atom. The number of nitrogens with zero attached hydrogens (tertiary/aromatic N) is 1. The van der Waals surface area contributed by atoms with E-state index < -0.39 is 0 Å². The Bertz CT molecular complexity index is 431. The Hall–Kier alpha value is -1.30. The topological polar surface area (TPSA) is 23.5 Å². The Morgan fingerprint density at radius 2 is 1.79 bits per heavy atom. The van der Waals surface area contributed by atoms with Crippen LogP contribution < -0.4 is 0 Å². The minimum absolute atomic E-state index is 0.128. The lowest BCUT2D eigenvalue weighted by molar-refractivity contribution is 0.221. The molecule has 0 bridgehead atoms. The van der Waals surface area contributed by atoms with Crippen LogP contribution in [0.1, 0.15) is 38.3 Å². The van der Waals surface area contributed by atoms with Gasteiger partial charge in [0, 0.05) is 25.1 Å². The van der Waals surface area contributed by atoms with E-state index in [1.165, 1.54) is 5.56 Å². The van der Waals surface area contributed by atoms with Crippen molar-refractivity contribution in [3.63, 3.8) is 0 Å². The number of rotatable bonds is 4. The molecular formula is C17H25NO. The van der Waals surface area contributed by atoms with Gasteiger partial charge >= 0.3 is 0 Å². The zero-order valence-electron chi connectivity index (χ0n) is 12.5. The predicted molar refractivity (Wildman–Crippen MR) is 80.8 cm³/mol. The summed E-state index contributed by atoms with van der Waals surface area (Å²) in [6.45, 7) is 8.92. The van der Waals surface area contributed by atoms with Crippen LogP contribution in [0.25, 0.3) is 0 Å². The summed E-state index contributed by atoms with van der Waals surface area (Å²) in [6, 6.07) is 8.35. The molecule has 0 heterocycles. The van der Waals surface area contributed by atoms with E-state index in [9.17, 15) is 0 Å². The molecule has 0 radical (unpaired) electrons. The van der Waals surface area contributed by atoms with Gasteiger partial charge < -0.3 is 10.0 Å². The lowest BCUT2D eigenvalue weighted by Gasteiger charge is -2.26. The van der Waals surface area contributed by atoms with E-state index in [2.05, 4.69) is 56.7 Å². The van der Waals surface area contributed by atoms with E-state index in [-0.39, 0.29) is 6.61 Å². The van der Waals surface area contributed by atoms with Crippen LogP contribution in [0, 0.1) is 17.3 Å². The van der Waals surface area contributed by atoms with Gasteiger partial charge in [0.05, 0.1) is 6.61 Å². The fourth-order valence-corrected chi connectivity index (χ4v) is 2.09. The number of hydrogen-bond acceptors (Lipinski definition) is 2. The standard InChI is InChI=1S/C17H25NO/c1-17(2,3)14-18(4)13-16-10-8-15(9-11-16)7-5-6-12-19/h8-11,19H,6,12-14H2,1-4H3. The molecule has 1 aromatic rings. The fraction of sp³-hybridized carbons (Fsp3) is 0.529. The van der Waals surface area contributed by atoms with Gasteiger partial charge in [-0.25, -0.2) is 0 Å². The molecule has 0 amide bonds. The summed E-state index contributed by atoms with van der Waals surface area (Å²) < 4.78 is 0. The molecule has 0 aromatic heterocycles. The van der Waals surface area contributed by atoms with Gasteiger partial charge in [-0.05, 0) is 30.2 Å². The Morgan fingerprint density at radius 3 is 2.32 bits per heavy atom. The van der Waals surface area contributed by atoms with Crippen molar-refractivity contribution in [1.29, 1.82) is 0 Å². The highest BCUT2D eigenvalue weighted by molar-refractivity contribution is 5.36. The molecule has 2 nitrogen and oxygen atoms in total. The molecule has 0 saturated heterocycles. The highest BCUT2D eigenvalue weighted by Crippen LogP contribution is 2.16. The first-order valence-corrected chi connectivity index (χ1v) is 6.78. The van der Waals surface area contributed by atoms with E-state index in [1.807, 2.05) is 12.1 Å². The van der Waals surface area contributed by atoms with Crippen molar-refractivity contribution in [2.75, 3.05) is 20.2 Å². The normalized spacial score (nSPS) is 11.3. The van der Waals surface area contributed by atoms with Gasteiger partial charge in [0.2, 0.25) is 0 Å². The van der Waals surface area contributed by atoms with Gasteiger partial charge in [-0.15, -0.1) is 0 Å². The highest BCUT2D eigenvalue weighted by Gasteiger charge is 2.13. The van der Waals surface area contributed by atoms with Crippen LogP contribution in [0.2, 0.25) is 0 Å². The molecule has 104 valence electrons. The second-order valence-electron chi connectivity index (χ2n) is 6.21. The smallest absolute Gasteiger partial charge is 0.0540 e. The highest BCUT2D eigenvalue weighted by atomic mass is 16.2. The van der Waals surface area contributed by atoms with Gasteiger partial charge in [-0.2, -0.15) is 0 Å². The first kappa shape index (κ1) is 15.8. The third-order valence-electron chi connectivity index (χ3n) is 2.62. The molecule has 0 atom stereocenters. The Labute approximate surface area is 117 Å². The molecule has 0 aliphatic rings. The van der Waals surface area contributed by atoms with Crippen molar-refractivity contribution in [3.8, 4) is 11.8 Å². The molecule has 0 saturated carbocycles. The summed E-state index contributed by atoms with van der Waals surface area (Å²) in [4.78, 5) is 2.34. The minimum Gasteiger partial charge on any atom is -0.395 e. The van der Waals surface area contributed by atoms with E-state index in [1.54, 1.807) is 0 Å². The van der Waals surface area contributed by atoms with Crippen molar-refractivity contribution < 1.29 is 5.11 Å². The summed E-state index contributed by atoms with van der Waals surface area (Å²) in [5.74, 6) is 5.97. The second kappa shape index (κ2) is 7.33. The van der Waals surface area contributed by atoms with Crippen LogP contribution in [0.4, 0.5) is 0 Å². The summed E-state index contributed by atoms with van der Waals surface area (Å²) in [5, 5.41) is 8.67. The maximum atomic E-state index is 8.67. The summed E-state index contributed by atoms with van der Waals surface area (Å²) in [6.07, 6.45) is 0.538. The molecule has 2 heteroatoms. The number of benzene rings is 1. The van der Waals surface area contributed by atoms with Crippen LogP contribution in [0.3, 0.4) is 0 Å². The Balaban J connectivity index is 2.55. The molecule has 0 aliphatic carbocycles. The van der Waals surface area contributed by atoms with Crippen molar-refractivity contribution in [2.45, 2.75) is 33.7 Å². The van der Waals surface area contributed by atoms with Crippen LogP contribution in [0.5, 0.6) is 0 Å². The average Bonchev–Trinajstić information content (AvgIpc) is 2.29. The third-order valence-corrected chi connectivity index (χ3v) is 2.62. The summed E-state index contributed by atoms with van der Waals surface area (Å²) in [7, 11) is 2.15. The predicted octanol–water partition coefficient (Wildman–Crippen LogP) is 2.90. The monoisotopic (exact) mass is 259 g/mol. The largest absolute Gasteiger partial charge is 0.395 e. The minimum atomic E-state index is 0.128. The molecule has 0 aliphatic heterocycles. The SMILES string of the molecule is CN(Cc1ccc(C#CCCO)cc1)CC(C)(C)C. The number of hydrogen-bond donors (Lipinski definition) is 1. The van der Waals surface area contributed by atoms with E-state index >= 15 is 0 Å². The summed E-state index contributed by atoms with van der Waals surface area (Å²) in [5.41, 5.74) is 2.64. The van der Waals surface area contributed by atoms with Crippen LogP contribution in [-0.4, -0.2) is 30.2 Å². The summed E-state index contributed by atoms with van der Waals surface area (Å²) >= 11 is 0. The zero-order valence-corrected chi connectivity index (χ0v) is 12.5. The number of aliphatic hydroxyl groups excluding tert-OH is 1. The molecule has 19 heavy (non-hydrogen) atoms. The lowest BCUT2D eigenvalue weighted by Crippen LogP contribution is -2.28. The average molecular weight is 259 g/mol. The molecular weight excluding hydrogens is 234 g/mol. The van der Waals surface area contributed by atoms with Gasteiger partial charge in [0.25, 0.3) is 0 Å². The van der Waals surface area contributed by atoms with E-state index in [4.69, 9.17) is 5.11 Å². The second-order valence-corrected chi connectivity index (χ2v) is 6.21. The van der Waals surface area contributed by atoms with Crippen LogP contribution in [0.15, 0.2) is 24.3 Å².